The number of ketones is 1. The molecule has 0 fully saturated rings. The van der Waals surface area contributed by atoms with Crippen LogP contribution in [0.1, 0.15) is 50.9 Å². The van der Waals surface area contributed by atoms with Gasteiger partial charge in [0.25, 0.3) is 0 Å². The predicted molar refractivity (Wildman–Crippen MR) is 66.5 cm³/mol. The van der Waals surface area contributed by atoms with E-state index in [0.29, 0.717) is 17.8 Å². The molecule has 1 unspecified atom stereocenters. The molecule has 0 N–H and O–H groups in total. The van der Waals surface area contributed by atoms with Crippen LogP contribution in [-0.2, 0) is 0 Å². The molecule has 0 saturated carbocycles. The maximum atomic E-state index is 11.8. The first-order valence-electron chi connectivity index (χ1n) is 5.44. The predicted octanol–water partition coefficient (Wildman–Crippen LogP) is 4.39. The van der Waals surface area contributed by atoms with E-state index in [4.69, 9.17) is 0 Å². The van der Waals surface area contributed by atoms with Gasteiger partial charge in [0.2, 0.25) is 0 Å². The fraction of sp³-hybridized carbons (Fsp3) is 0.615. The highest BCUT2D eigenvalue weighted by atomic mass is 32.1. The maximum Gasteiger partial charge on any atom is 0.163 e. The number of carbonyl (C=O) groups is 1. The van der Waals surface area contributed by atoms with Crippen molar-refractivity contribution in [3.8, 4) is 0 Å². The minimum atomic E-state index is 0.285. The summed E-state index contributed by atoms with van der Waals surface area (Å²) in [5.41, 5.74) is 1.19. The van der Waals surface area contributed by atoms with Crippen molar-refractivity contribution in [1.29, 1.82) is 0 Å². The number of carbonyl (C=O) groups excluding carboxylic acids is 1. The van der Waals surface area contributed by atoms with Gasteiger partial charge in [-0.2, -0.15) is 11.3 Å². The fourth-order valence-corrected chi connectivity index (χ4v) is 2.64. The van der Waals surface area contributed by atoms with Crippen LogP contribution in [0.15, 0.2) is 16.8 Å². The lowest BCUT2D eigenvalue weighted by Crippen LogP contribution is -2.14. The molecule has 0 radical (unpaired) electrons. The lowest BCUT2D eigenvalue weighted by Gasteiger charge is -2.22. The molecule has 84 valence electrons. The monoisotopic (exact) mass is 224 g/mol. The molecule has 1 heterocycles. The molecular weight excluding hydrogens is 204 g/mol. The lowest BCUT2D eigenvalue weighted by atomic mass is 9.83. The number of thiophene rings is 1. The molecule has 1 aromatic rings. The second kappa shape index (κ2) is 4.93. The van der Waals surface area contributed by atoms with Crippen molar-refractivity contribution in [3.63, 3.8) is 0 Å². The minimum absolute atomic E-state index is 0.285. The average molecular weight is 224 g/mol. The van der Waals surface area contributed by atoms with E-state index in [1.165, 1.54) is 0 Å². The summed E-state index contributed by atoms with van der Waals surface area (Å²) in [6.45, 7) is 8.82. The van der Waals surface area contributed by atoms with Gasteiger partial charge in [-0.25, -0.2) is 0 Å². The van der Waals surface area contributed by atoms with Crippen molar-refractivity contribution in [2.75, 3.05) is 0 Å². The zero-order valence-electron chi connectivity index (χ0n) is 10.0. The molecule has 0 spiro atoms. The Kier molecular flexibility index (Phi) is 4.09. The Bertz CT molecular complexity index is 306. The second-order valence-electron chi connectivity index (χ2n) is 5.51. The van der Waals surface area contributed by atoms with Gasteiger partial charge in [-0.1, -0.05) is 27.7 Å². The first-order chi connectivity index (χ1) is 6.88. The van der Waals surface area contributed by atoms with Gasteiger partial charge in [0, 0.05) is 17.4 Å². The fourth-order valence-electron chi connectivity index (χ4n) is 1.98. The van der Waals surface area contributed by atoms with Crippen molar-refractivity contribution in [3.05, 3.63) is 22.4 Å². The van der Waals surface area contributed by atoms with E-state index < -0.39 is 0 Å². The Hall–Kier alpha value is -0.630. The van der Waals surface area contributed by atoms with Gasteiger partial charge in [-0.05, 0) is 29.2 Å². The van der Waals surface area contributed by atoms with Gasteiger partial charge in [0.15, 0.2) is 5.78 Å². The molecule has 1 aromatic heterocycles. The van der Waals surface area contributed by atoms with Crippen LogP contribution in [0.5, 0.6) is 0 Å². The molecule has 1 atom stereocenters. The summed E-state index contributed by atoms with van der Waals surface area (Å²) in [4.78, 5) is 11.8. The molecule has 0 saturated heterocycles. The molecule has 0 aliphatic rings. The quantitative estimate of drug-likeness (QED) is 0.693. The van der Waals surface area contributed by atoms with Crippen molar-refractivity contribution >= 4 is 17.1 Å². The highest BCUT2D eigenvalue weighted by Crippen LogP contribution is 2.27. The molecular formula is C13H20OS. The van der Waals surface area contributed by atoms with E-state index >= 15 is 0 Å². The first kappa shape index (κ1) is 12.4. The Morgan fingerprint density at radius 1 is 1.47 bits per heavy atom. The van der Waals surface area contributed by atoms with E-state index in [1.54, 1.807) is 11.3 Å². The van der Waals surface area contributed by atoms with Crippen LogP contribution in [0.2, 0.25) is 0 Å². The smallest absolute Gasteiger partial charge is 0.163 e. The summed E-state index contributed by atoms with van der Waals surface area (Å²) in [6.07, 6.45) is 1.77. The number of Topliss-reactive ketones (excluding diaryl/α,β-unsaturated/α-hetero) is 1. The standard InChI is InChI=1S/C13H20OS/c1-10(8-13(2,3)4)7-12(14)11-5-6-15-9-11/h5-6,9-10H,7-8H2,1-4H3. The summed E-state index contributed by atoms with van der Waals surface area (Å²) in [6, 6.07) is 1.91. The Labute approximate surface area is 96.5 Å². The maximum absolute atomic E-state index is 11.8. The van der Waals surface area contributed by atoms with Crippen molar-refractivity contribution in [2.45, 2.75) is 40.5 Å². The molecule has 15 heavy (non-hydrogen) atoms. The van der Waals surface area contributed by atoms with E-state index in [-0.39, 0.29) is 5.78 Å². The van der Waals surface area contributed by atoms with Crippen LogP contribution in [0.25, 0.3) is 0 Å². The minimum Gasteiger partial charge on any atom is -0.294 e. The van der Waals surface area contributed by atoms with Crippen LogP contribution >= 0.6 is 11.3 Å². The van der Waals surface area contributed by atoms with Gasteiger partial charge < -0.3 is 0 Å². The SMILES string of the molecule is CC(CC(=O)c1ccsc1)CC(C)(C)C. The highest BCUT2D eigenvalue weighted by Gasteiger charge is 2.18. The normalized spacial score (nSPS) is 13.9. The van der Waals surface area contributed by atoms with Crippen molar-refractivity contribution in [2.24, 2.45) is 11.3 Å². The van der Waals surface area contributed by atoms with Gasteiger partial charge >= 0.3 is 0 Å². The Balaban J connectivity index is 2.45. The number of rotatable bonds is 4. The summed E-state index contributed by atoms with van der Waals surface area (Å²) in [5.74, 6) is 0.755. The van der Waals surface area contributed by atoms with Crippen LogP contribution in [0, 0.1) is 11.3 Å². The van der Waals surface area contributed by atoms with E-state index in [1.807, 2.05) is 16.8 Å². The summed E-state index contributed by atoms with van der Waals surface area (Å²) >= 11 is 1.59. The molecule has 0 bridgehead atoms. The summed E-state index contributed by atoms with van der Waals surface area (Å²) < 4.78 is 0. The molecule has 2 heteroatoms. The summed E-state index contributed by atoms with van der Waals surface area (Å²) in [5, 5.41) is 3.90. The number of hydrogen-bond acceptors (Lipinski definition) is 2. The number of hydrogen-bond donors (Lipinski definition) is 0. The molecule has 1 rings (SSSR count). The Morgan fingerprint density at radius 3 is 2.60 bits per heavy atom. The topological polar surface area (TPSA) is 17.1 Å². The third-order valence-electron chi connectivity index (χ3n) is 2.34. The van der Waals surface area contributed by atoms with Crippen LogP contribution in [0.3, 0.4) is 0 Å². The molecule has 1 nitrogen and oxygen atoms in total. The lowest BCUT2D eigenvalue weighted by molar-refractivity contribution is 0.0955. The Morgan fingerprint density at radius 2 is 2.13 bits per heavy atom. The van der Waals surface area contributed by atoms with Gasteiger partial charge in [0.1, 0.15) is 0 Å². The van der Waals surface area contributed by atoms with Crippen LogP contribution in [-0.4, -0.2) is 5.78 Å². The second-order valence-corrected chi connectivity index (χ2v) is 6.29. The van der Waals surface area contributed by atoms with Gasteiger partial charge in [-0.15, -0.1) is 0 Å². The average Bonchev–Trinajstić information content (AvgIpc) is 2.50. The largest absolute Gasteiger partial charge is 0.294 e. The van der Waals surface area contributed by atoms with Crippen molar-refractivity contribution in [1.82, 2.24) is 0 Å². The molecule has 0 aliphatic heterocycles. The third-order valence-corrected chi connectivity index (χ3v) is 3.02. The first-order valence-corrected chi connectivity index (χ1v) is 6.38. The van der Waals surface area contributed by atoms with Gasteiger partial charge in [-0.3, -0.25) is 4.79 Å². The highest BCUT2D eigenvalue weighted by molar-refractivity contribution is 7.08. The van der Waals surface area contributed by atoms with Crippen LogP contribution < -0.4 is 0 Å². The van der Waals surface area contributed by atoms with Crippen molar-refractivity contribution < 1.29 is 4.79 Å². The zero-order valence-corrected chi connectivity index (χ0v) is 10.9. The van der Waals surface area contributed by atoms with Crippen LogP contribution in [0.4, 0.5) is 0 Å². The molecule has 0 aromatic carbocycles. The van der Waals surface area contributed by atoms with E-state index in [9.17, 15) is 4.79 Å². The van der Waals surface area contributed by atoms with E-state index in [2.05, 4.69) is 27.7 Å². The molecule has 0 amide bonds. The van der Waals surface area contributed by atoms with E-state index in [0.717, 1.165) is 12.0 Å². The van der Waals surface area contributed by atoms with Gasteiger partial charge in [0.05, 0.1) is 0 Å². The molecule has 0 aliphatic carbocycles. The zero-order chi connectivity index (χ0) is 11.5. The summed E-state index contributed by atoms with van der Waals surface area (Å²) in [7, 11) is 0. The third kappa shape index (κ3) is 4.61.